The predicted octanol–water partition coefficient (Wildman–Crippen LogP) is 4.10. The number of hydrogen-bond donors (Lipinski definition) is 3. The summed E-state index contributed by atoms with van der Waals surface area (Å²) in [7, 11) is 1.61. The van der Waals surface area contributed by atoms with Gasteiger partial charge in [-0.1, -0.05) is 31.2 Å². The molecule has 3 aliphatic heterocycles. The number of aryl methyl sites for hydroxylation is 1. The maximum absolute atomic E-state index is 12.9. The molecule has 3 amide bonds. The molecule has 1 aromatic carbocycles. The number of likely N-dealkylation sites (tertiary alicyclic amines) is 1. The number of nitrogens with one attached hydrogen (secondary N) is 3. The first kappa shape index (κ1) is 37.6. The van der Waals surface area contributed by atoms with Crippen molar-refractivity contribution in [3.8, 4) is 0 Å². The SMILES string of the molecule is CCCNC(=O)c1c(C)[nH]c(/C=C2\C(=O)Nc3ccc(CC(=O)CCOC(=O)C(C)OC(=O)/C=C4/SC(N5CCCCC5)C(=O)N4C)cc32)c1C. The molecule has 51 heavy (non-hydrogen) atoms. The number of aromatic nitrogens is 1. The summed E-state index contributed by atoms with van der Waals surface area (Å²) < 4.78 is 10.5. The van der Waals surface area contributed by atoms with Gasteiger partial charge in [0, 0.05) is 49.1 Å². The van der Waals surface area contributed by atoms with Crippen LogP contribution in [0.5, 0.6) is 0 Å². The molecule has 2 fully saturated rings. The minimum Gasteiger partial charge on any atom is -0.462 e. The fourth-order valence-corrected chi connectivity index (χ4v) is 7.57. The molecule has 13 nitrogen and oxygen atoms in total. The van der Waals surface area contributed by atoms with Gasteiger partial charge in [0.2, 0.25) is 0 Å². The standard InChI is InChI=1S/C37H45N5O8S/c1-6-13-38-34(46)32-21(2)29(39-22(32)3)19-27-26-18-24(10-11-28(26)40-33(27)45)17-25(43)12-16-49-37(48)23(4)50-31(44)20-30-41(5)35(47)36(51-30)42-14-8-7-9-15-42/h10-11,18-20,23,36,39H,6-9,12-17H2,1-5H3,(H,38,46)(H,40,45)/b27-19-,30-20+. The van der Waals surface area contributed by atoms with Crippen molar-refractivity contribution in [2.75, 3.05) is 38.6 Å². The first-order chi connectivity index (χ1) is 24.4. The first-order valence-corrected chi connectivity index (χ1v) is 18.2. The van der Waals surface area contributed by atoms with Crippen LogP contribution >= 0.6 is 11.8 Å². The van der Waals surface area contributed by atoms with Gasteiger partial charge in [0.1, 0.15) is 11.2 Å². The van der Waals surface area contributed by atoms with Gasteiger partial charge < -0.3 is 30.0 Å². The smallest absolute Gasteiger partial charge is 0.347 e. The van der Waals surface area contributed by atoms with Crippen molar-refractivity contribution in [1.82, 2.24) is 20.1 Å². The number of ether oxygens (including phenoxy) is 2. The van der Waals surface area contributed by atoms with E-state index in [9.17, 15) is 28.8 Å². The lowest BCUT2D eigenvalue weighted by atomic mass is 9.99. The van der Waals surface area contributed by atoms with E-state index in [4.69, 9.17) is 9.47 Å². The van der Waals surface area contributed by atoms with E-state index in [-0.39, 0.29) is 48.3 Å². The van der Waals surface area contributed by atoms with Crippen LogP contribution in [-0.4, -0.2) is 95.0 Å². The summed E-state index contributed by atoms with van der Waals surface area (Å²) in [5.41, 5.74) is 4.97. The Morgan fingerprint density at radius 1 is 1.12 bits per heavy atom. The van der Waals surface area contributed by atoms with Crippen molar-refractivity contribution in [1.29, 1.82) is 0 Å². The average Bonchev–Trinajstić information content (AvgIpc) is 3.68. The first-order valence-electron chi connectivity index (χ1n) is 17.3. The highest BCUT2D eigenvalue weighted by Gasteiger charge is 2.39. The van der Waals surface area contributed by atoms with Gasteiger partial charge in [0.15, 0.2) is 6.10 Å². The number of nitrogens with zero attached hydrogens (tertiary/aromatic N) is 2. The van der Waals surface area contributed by atoms with Crippen molar-refractivity contribution >= 4 is 64.5 Å². The number of rotatable bonds is 13. The molecule has 4 heterocycles. The zero-order chi connectivity index (χ0) is 36.8. The maximum atomic E-state index is 12.9. The van der Waals surface area contributed by atoms with Crippen molar-refractivity contribution in [2.45, 2.75) is 77.7 Å². The molecule has 0 saturated carbocycles. The van der Waals surface area contributed by atoms with Crippen molar-refractivity contribution in [3.05, 3.63) is 62.9 Å². The second kappa shape index (κ2) is 16.6. The van der Waals surface area contributed by atoms with E-state index < -0.39 is 18.0 Å². The van der Waals surface area contributed by atoms with Gasteiger partial charge in [-0.15, -0.1) is 0 Å². The van der Waals surface area contributed by atoms with Crippen LogP contribution in [0.15, 0.2) is 29.3 Å². The number of fused-ring (bicyclic) bond motifs is 1. The highest BCUT2D eigenvalue weighted by Crippen LogP contribution is 2.37. The summed E-state index contributed by atoms with van der Waals surface area (Å²) in [6, 6.07) is 5.27. The van der Waals surface area contributed by atoms with Crippen molar-refractivity contribution in [2.24, 2.45) is 0 Å². The third-order valence-electron chi connectivity index (χ3n) is 9.11. The fraction of sp³-hybridized carbons (Fsp3) is 0.459. The van der Waals surface area contributed by atoms with Gasteiger partial charge in [0.25, 0.3) is 17.7 Å². The summed E-state index contributed by atoms with van der Waals surface area (Å²) >= 11 is 1.30. The number of hydrogen-bond acceptors (Lipinski definition) is 10. The number of amides is 3. The highest BCUT2D eigenvalue weighted by molar-refractivity contribution is 8.04. The summed E-state index contributed by atoms with van der Waals surface area (Å²) in [5, 5.41) is 5.82. The van der Waals surface area contributed by atoms with Crippen LogP contribution < -0.4 is 10.6 Å². The Kier molecular flexibility index (Phi) is 12.2. The van der Waals surface area contributed by atoms with Gasteiger partial charge in [-0.05, 0) is 82.5 Å². The molecule has 3 N–H and O–H groups in total. The fourth-order valence-electron chi connectivity index (χ4n) is 6.31. The van der Waals surface area contributed by atoms with Crippen LogP contribution in [-0.2, 0) is 39.9 Å². The largest absolute Gasteiger partial charge is 0.462 e. The number of Topliss-reactive ketones (excluding diaryl/α,β-unsaturated/α-hetero) is 1. The zero-order valence-electron chi connectivity index (χ0n) is 29.7. The zero-order valence-corrected chi connectivity index (χ0v) is 30.5. The molecule has 2 saturated heterocycles. The van der Waals surface area contributed by atoms with E-state index in [1.807, 2.05) is 20.8 Å². The monoisotopic (exact) mass is 719 g/mol. The average molecular weight is 720 g/mol. The normalized spacial score (nSPS) is 19.6. The van der Waals surface area contributed by atoms with Gasteiger partial charge >= 0.3 is 11.9 Å². The quantitative estimate of drug-likeness (QED) is 0.203. The molecule has 3 aliphatic rings. The maximum Gasteiger partial charge on any atom is 0.347 e. The number of piperidine rings is 1. The van der Waals surface area contributed by atoms with E-state index in [0.29, 0.717) is 50.9 Å². The Balaban J connectivity index is 1.12. The second-order valence-electron chi connectivity index (χ2n) is 13.0. The molecule has 2 atom stereocenters. The number of esters is 2. The summed E-state index contributed by atoms with van der Waals surface area (Å²) in [6.07, 6.45) is 5.73. The molecule has 1 aromatic heterocycles. The molecule has 0 aliphatic carbocycles. The molecule has 0 spiro atoms. The molecule has 272 valence electrons. The lowest BCUT2D eigenvalue weighted by Gasteiger charge is -2.29. The summed E-state index contributed by atoms with van der Waals surface area (Å²) in [5.74, 6) is -2.30. The minimum atomic E-state index is -1.21. The summed E-state index contributed by atoms with van der Waals surface area (Å²) in [4.78, 5) is 83.1. The number of thioether (sulfide) groups is 1. The second-order valence-corrected chi connectivity index (χ2v) is 14.1. The molecule has 0 radical (unpaired) electrons. The number of benzene rings is 1. The number of carbonyl (C=O) groups excluding carboxylic acids is 6. The number of carbonyl (C=O) groups is 6. The van der Waals surface area contributed by atoms with Crippen molar-refractivity contribution < 1.29 is 38.2 Å². The Morgan fingerprint density at radius 3 is 2.59 bits per heavy atom. The van der Waals surface area contributed by atoms with E-state index in [0.717, 1.165) is 44.3 Å². The number of H-pyrrole nitrogens is 1. The van der Waals surface area contributed by atoms with Gasteiger partial charge in [-0.2, -0.15) is 0 Å². The van der Waals surface area contributed by atoms with Gasteiger partial charge in [-0.3, -0.25) is 24.1 Å². The van der Waals surface area contributed by atoms with Crippen molar-refractivity contribution in [3.63, 3.8) is 0 Å². The molecule has 2 unspecified atom stereocenters. The number of likely N-dealkylation sites (N-methyl/N-ethyl adjacent to an activating group) is 1. The third kappa shape index (κ3) is 8.79. The minimum absolute atomic E-state index is 0.0507. The molecule has 0 bridgehead atoms. The summed E-state index contributed by atoms with van der Waals surface area (Å²) in [6.45, 7) is 9.05. The molecular weight excluding hydrogens is 675 g/mol. The van der Waals surface area contributed by atoms with E-state index >= 15 is 0 Å². The van der Waals surface area contributed by atoms with E-state index in [2.05, 4.69) is 20.5 Å². The lowest BCUT2D eigenvalue weighted by Crippen LogP contribution is -2.42. The molecule has 2 aromatic rings. The van der Waals surface area contributed by atoms with Gasteiger partial charge in [-0.25, -0.2) is 9.59 Å². The number of anilines is 1. The van der Waals surface area contributed by atoms with Crippen LogP contribution in [0.3, 0.4) is 0 Å². The number of ketones is 1. The Morgan fingerprint density at radius 2 is 1.86 bits per heavy atom. The Labute approximate surface area is 301 Å². The molecular formula is C37H45N5O8S. The predicted molar refractivity (Wildman–Crippen MR) is 193 cm³/mol. The van der Waals surface area contributed by atoms with Crippen LogP contribution in [0, 0.1) is 13.8 Å². The van der Waals surface area contributed by atoms with Crippen LogP contribution in [0.25, 0.3) is 11.6 Å². The van der Waals surface area contributed by atoms with Crippen LogP contribution in [0.2, 0.25) is 0 Å². The topological polar surface area (TPSA) is 167 Å². The lowest BCUT2D eigenvalue weighted by molar-refractivity contribution is -0.164. The van der Waals surface area contributed by atoms with Gasteiger partial charge in [0.05, 0.1) is 28.8 Å². The van der Waals surface area contributed by atoms with E-state index in [1.165, 1.54) is 29.7 Å². The van der Waals surface area contributed by atoms with E-state index in [1.54, 1.807) is 31.3 Å². The van der Waals surface area contributed by atoms with Crippen LogP contribution in [0.1, 0.15) is 84.4 Å². The Bertz CT molecular complexity index is 1790. The Hall–Kier alpha value is -4.69. The highest BCUT2D eigenvalue weighted by atomic mass is 32.2. The number of aromatic amines is 1. The molecule has 5 rings (SSSR count). The third-order valence-corrected chi connectivity index (χ3v) is 10.5. The van der Waals surface area contributed by atoms with Crippen LogP contribution in [0.4, 0.5) is 5.69 Å². The molecule has 14 heteroatoms.